The molecule has 3 aromatic heterocycles. The fraction of sp³-hybridized carbons (Fsp3) is 0.188. The number of halogens is 1. The Morgan fingerprint density at radius 3 is 2.91 bits per heavy atom. The van der Waals surface area contributed by atoms with Gasteiger partial charge in [0, 0.05) is 12.4 Å². The third-order valence-electron chi connectivity index (χ3n) is 3.47. The molecule has 1 N–H and O–H groups in total. The van der Waals surface area contributed by atoms with E-state index in [0.29, 0.717) is 17.8 Å². The molecule has 3 heterocycles. The lowest BCUT2D eigenvalue weighted by Crippen LogP contribution is -2.16. The first-order chi connectivity index (χ1) is 10.6. The van der Waals surface area contributed by atoms with Gasteiger partial charge in [0.15, 0.2) is 5.15 Å². The van der Waals surface area contributed by atoms with Gasteiger partial charge >= 0.3 is 0 Å². The minimum absolute atomic E-state index is 0.246. The topological polar surface area (TPSA) is 59.3 Å². The number of amides is 1. The fourth-order valence-corrected chi connectivity index (χ4v) is 2.57. The van der Waals surface area contributed by atoms with Gasteiger partial charge in [0.25, 0.3) is 5.91 Å². The standard InChI is InChI=1S/C16H15ClN4O/c1-3-11-13(21-9-5-6-10(2)15(21)19-11)16(22)20-12-7-4-8-18-14(12)17/h4-9H,3H2,1-2H3,(H,20,22). The Morgan fingerprint density at radius 1 is 1.36 bits per heavy atom. The van der Waals surface area contributed by atoms with Gasteiger partial charge in [-0.25, -0.2) is 9.97 Å². The monoisotopic (exact) mass is 314 g/mol. The van der Waals surface area contributed by atoms with Crippen LogP contribution in [0.2, 0.25) is 5.15 Å². The van der Waals surface area contributed by atoms with E-state index in [1.807, 2.05) is 36.6 Å². The highest BCUT2D eigenvalue weighted by Gasteiger charge is 2.19. The number of aromatic nitrogens is 3. The van der Waals surface area contributed by atoms with E-state index in [9.17, 15) is 4.79 Å². The highest BCUT2D eigenvalue weighted by atomic mass is 35.5. The molecule has 0 bridgehead atoms. The summed E-state index contributed by atoms with van der Waals surface area (Å²) in [4.78, 5) is 21.2. The average molecular weight is 315 g/mol. The molecule has 3 rings (SSSR count). The van der Waals surface area contributed by atoms with Crippen LogP contribution in [-0.2, 0) is 6.42 Å². The van der Waals surface area contributed by atoms with Crippen LogP contribution < -0.4 is 5.32 Å². The Kier molecular flexibility index (Phi) is 3.81. The zero-order chi connectivity index (χ0) is 15.7. The minimum atomic E-state index is -0.246. The molecule has 0 spiro atoms. The van der Waals surface area contributed by atoms with Crippen molar-refractivity contribution < 1.29 is 4.79 Å². The quantitative estimate of drug-likeness (QED) is 0.753. The number of pyridine rings is 2. The van der Waals surface area contributed by atoms with Crippen LogP contribution in [0.4, 0.5) is 5.69 Å². The summed E-state index contributed by atoms with van der Waals surface area (Å²) in [6, 6.07) is 7.31. The van der Waals surface area contributed by atoms with Crippen LogP contribution in [0.25, 0.3) is 5.65 Å². The van der Waals surface area contributed by atoms with E-state index >= 15 is 0 Å². The lowest BCUT2D eigenvalue weighted by atomic mass is 10.2. The molecule has 0 saturated heterocycles. The molecule has 112 valence electrons. The average Bonchev–Trinajstić information content (AvgIpc) is 2.89. The van der Waals surface area contributed by atoms with E-state index in [-0.39, 0.29) is 11.1 Å². The van der Waals surface area contributed by atoms with Crippen LogP contribution in [0.15, 0.2) is 36.7 Å². The van der Waals surface area contributed by atoms with Gasteiger partial charge in [0.05, 0.1) is 11.4 Å². The molecule has 5 nitrogen and oxygen atoms in total. The SMILES string of the molecule is CCc1nc2c(C)cccn2c1C(=O)Nc1cccnc1Cl. The maximum atomic E-state index is 12.7. The minimum Gasteiger partial charge on any atom is -0.318 e. The lowest BCUT2D eigenvalue weighted by molar-refractivity contribution is 0.102. The molecule has 0 atom stereocenters. The van der Waals surface area contributed by atoms with E-state index in [0.717, 1.165) is 16.9 Å². The summed E-state index contributed by atoms with van der Waals surface area (Å²) in [5.74, 6) is -0.246. The Morgan fingerprint density at radius 2 is 2.18 bits per heavy atom. The first kappa shape index (κ1) is 14.5. The number of aryl methyl sites for hydroxylation is 2. The molecule has 0 aliphatic rings. The normalized spacial score (nSPS) is 10.9. The molecule has 0 radical (unpaired) electrons. The summed E-state index contributed by atoms with van der Waals surface area (Å²) in [6.07, 6.45) is 4.09. The Balaban J connectivity index is 2.07. The summed E-state index contributed by atoms with van der Waals surface area (Å²) >= 11 is 6.00. The van der Waals surface area contributed by atoms with E-state index < -0.39 is 0 Å². The van der Waals surface area contributed by atoms with Crippen molar-refractivity contribution in [3.8, 4) is 0 Å². The Labute approximate surface area is 133 Å². The molecular weight excluding hydrogens is 300 g/mol. The highest BCUT2D eigenvalue weighted by Crippen LogP contribution is 2.21. The zero-order valence-corrected chi connectivity index (χ0v) is 13.1. The van der Waals surface area contributed by atoms with E-state index in [1.54, 1.807) is 18.3 Å². The molecule has 0 aliphatic carbocycles. The summed E-state index contributed by atoms with van der Waals surface area (Å²) in [5, 5.41) is 3.07. The lowest BCUT2D eigenvalue weighted by Gasteiger charge is -2.07. The number of carbonyl (C=O) groups excluding carboxylic acids is 1. The number of rotatable bonds is 3. The smallest absolute Gasteiger partial charge is 0.274 e. The molecule has 0 fully saturated rings. The maximum absolute atomic E-state index is 12.7. The number of imidazole rings is 1. The largest absolute Gasteiger partial charge is 0.318 e. The first-order valence-corrected chi connectivity index (χ1v) is 7.38. The molecule has 3 aromatic rings. The number of hydrogen-bond acceptors (Lipinski definition) is 3. The third-order valence-corrected chi connectivity index (χ3v) is 3.78. The maximum Gasteiger partial charge on any atom is 0.274 e. The predicted molar refractivity (Wildman–Crippen MR) is 86.5 cm³/mol. The second-order valence-electron chi connectivity index (χ2n) is 4.94. The number of nitrogens with one attached hydrogen (secondary N) is 1. The molecule has 6 heteroatoms. The highest BCUT2D eigenvalue weighted by molar-refractivity contribution is 6.32. The number of hydrogen-bond donors (Lipinski definition) is 1. The third kappa shape index (κ3) is 2.44. The van der Waals surface area contributed by atoms with Crippen LogP contribution in [0, 0.1) is 6.92 Å². The summed E-state index contributed by atoms with van der Waals surface area (Å²) < 4.78 is 1.81. The van der Waals surface area contributed by atoms with Crippen LogP contribution in [0.3, 0.4) is 0 Å². The van der Waals surface area contributed by atoms with Crippen LogP contribution in [0.5, 0.6) is 0 Å². The van der Waals surface area contributed by atoms with Gasteiger partial charge in [-0.15, -0.1) is 0 Å². The summed E-state index contributed by atoms with van der Waals surface area (Å²) in [6.45, 7) is 3.95. The van der Waals surface area contributed by atoms with E-state index in [4.69, 9.17) is 11.6 Å². The molecule has 1 amide bonds. The van der Waals surface area contributed by atoms with Gasteiger partial charge in [0.1, 0.15) is 11.3 Å². The van der Waals surface area contributed by atoms with Gasteiger partial charge in [0.2, 0.25) is 0 Å². The van der Waals surface area contributed by atoms with E-state index in [2.05, 4.69) is 15.3 Å². The van der Waals surface area contributed by atoms with Crippen molar-refractivity contribution in [1.29, 1.82) is 0 Å². The van der Waals surface area contributed by atoms with Gasteiger partial charge < -0.3 is 5.32 Å². The van der Waals surface area contributed by atoms with Crippen molar-refractivity contribution >= 4 is 28.8 Å². The van der Waals surface area contributed by atoms with Crippen molar-refractivity contribution in [2.45, 2.75) is 20.3 Å². The molecule has 0 unspecified atom stereocenters. The molecule has 0 saturated carbocycles. The van der Waals surface area contributed by atoms with Gasteiger partial charge in [-0.3, -0.25) is 9.20 Å². The first-order valence-electron chi connectivity index (χ1n) is 7.00. The van der Waals surface area contributed by atoms with Gasteiger partial charge in [-0.1, -0.05) is 24.6 Å². The van der Waals surface area contributed by atoms with Crippen LogP contribution in [-0.4, -0.2) is 20.3 Å². The van der Waals surface area contributed by atoms with E-state index in [1.165, 1.54) is 0 Å². The van der Waals surface area contributed by atoms with Crippen molar-refractivity contribution in [3.05, 3.63) is 58.8 Å². The van der Waals surface area contributed by atoms with Gasteiger partial charge in [-0.05, 0) is 37.1 Å². The van der Waals surface area contributed by atoms with Gasteiger partial charge in [-0.2, -0.15) is 0 Å². The molecule has 22 heavy (non-hydrogen) atoms. The predicted octanol–water partition coefficient (Wildman–Crippen LogP) is 3.51. The Bertz CT molecular complexity index is 856. The van der Waals surface area contributed by atoms with Crippen molar-refractivity contribution in [3.63, 3.8) is 0 Å². The number of fused-ring (bicyclic) bond motifs is 1. The second-order valence-corrected chi connectivity index (χ2v) is 5.30. The van der Waals surface area contributed by atoms with Crippen molar-refractivity contribution in [1.82, 2.24) is 14.4 Å². The van der Waals surface area contributed by atoms with Crippen molar-refractivity contribution in [2.75, 3.05) is 5.32 Å². The van der Waals surface area contributed by atoms with Crippen LogP contribution in [0.1, 0.15) is 28.7 Å². The van der Waals surface area contributed by atoms with Crippen molar-refractivity contribution in [2.24, 2.45) is 0 Å². The Hall–Kier alpha value is -2.40. The van der Waals surface area contributed by atoms with Crippen LogP contribution >= 0.6 is 11.6 Å². The fourth-order valence-electron chi connectivity index (χ4n) is 2.40. The molecular formula is C16H15ClN4O. The summed E-state index contributed by atoms with van der Waals surface area (Å²) in [7, 11) is 0. The number of anilines is 1. The molecule has 0 aromatic carbocycles. The molecule has 0 aliphatic heterocycles. The zero-order valence-electron chi connectivity index (χ0n) is 12.3. The number of carbonyl (C=O) groups is 1. The number of nitrogens with zero attached hydrogens (tertiary/aromatic N) is 3. The summed E-state index contributed by atoms with van der Waals surface area (Å²) in [5.41, 5.74) is 3.59. The second kappa shape index (κ2) is 5.77.